The lowest BCUT2D eigenvalue weighted by molar-refractivity contribution is 0.171. The summed E-state index contributed by atoms with van der Waals surface area (Å²) in [6, 6.07) is 8.01. The maximum Gasteiger partial charge on any atom is 0.406 e. The largest absolute Gasteiger partial charge is 0.453 e. The van der Waals surface area contributed by atoms with Gasteiger partial charge >= 0.3 is 6.09 Å². The Hall–Kier alpha value is -1.60. The third-order valence-electron chi connectivity index (χ3n) is 1.93. The van der Waals surface area contributed by atoms with E-state index in [9.17, 15) is 13.2 Å². The molecule has 0 heterocycles. The highest BCUT2D eigenvalue weighted by Gasteiger charge is 2.12. The number of hydrogen-bond donors (Lipinski definition) is 2. The molecule has 2 N–H and O–H groups in total. The van der Waals surface area contributed by atoms with Gasteiger partial charge in [0.2, 0.25) is 10.0 Å². The topological polar surface area (TPSA) is 84.5 Å². The molecule has 6 nitrogen and oxygen atoms in total. The summed E-state index contributed by atoms with van der Waals surface area (Å²) in [5.74, 6) is 0. The Morgan fingerprint density at radius 2 is 1.88 bits per heavy atom. The van der Waals surface area contributed by atoms with Gasteiger partial charge < -0.3 is 10.1 Å². The number of nitrogens with one attached hydrogen (secondary N) is 2. The first kappa shape index (κ1) is 13.5. The van der Waals surface area contributed by atoms with Crippen molar-refractivity contribution in [2.75, 3.05) is 20.2 Å². The zero-order valence-corrected chi connectivity index (χ0v) is 10.2. The molecule has 7 heteroatoms. The molecule has 1 aromatic rings. The molecule has 0 bridgehead atoms. The second-order valence-electron chi connectivity index (χ2n) is 3.13. The maximum atomic E-state index is 11.7. The first-order valence-corrected chi connectivity index (χ1v) is 6.41. The van der Waals surface area contributed by atoms with E-state index >= 15 is 0 Å². The fraction of sp³-hybridized carbons (Fsp3) is 0.300. The van der Waals surface area contributed by atoms with E-state index in [1.165, 1.54) is 19.2 Å². The number of methoxy groups -OCH3 is 1. The monoisotopic (exact) mass is 258 g/mol. The Labute approximate surface area is 100 Å². The van der Waals surface area contributed by atoms with E-state index in [1.807, 2.05) is 0 Å². The molecule has 0 fully saturated rings. The van der Waals surface area contributed by atoms with Crippen LogP contribution in [-0.4, -0.2) is 34.7 Å². The summed E-state index contributed by atoms with van der Waals surface area (Å²) in [7, 11) is -2.27. The molecule has 0 aliphatic carbocycles. The van der Waals surface area contributed by atoms with Crippen molar-refractivity contribution in [3.05, 3.63) is 30.3 Å². The molecule has 17 heavy (non-hydrogen) atoms. The summed E-state index contributed by atoms with van der Waals surface area (Å²) < 4.78 is 30.1. The molecule has 0 aromatic heterocycles. The minimum absolute atomic E-state index is 0.103. The Bertz CT molecular complexity index is 458. The SMILES string of the molecule is COC(=O)NCCNS(=O)(=O)c1ccccc1. The normalized spacial score (nSPS) is 10.9. The molecular formula is C10H14N2O4S. The number of benzene rings is 1. The molecular weight excluding hydrogens is 244 g/mol. The van der Waals surface area contributed by atoms with Gasteiger partial charge in [-0.05, 0) is 12.1 Å². The van der Waals surface area contributed by atoms with Crippen molar-refractivity contribution < 1.29 is 17.9 Å². The molecule has 1 aromatic carbocycles. The van der Waals surface area contributed by atoms with Gasteiger partial charge in [0.05, 0.1) is 12.0 Å². The number of rotatable bonds is 5. The average Bonchev–Trinajstić information content (AvgIpc) is 2.35. The predicted molar refractivity (Wildman–Crippen MR) is 62.0 cm³/mol. The predicted octanol–water partition coefficient (Wildman–Crippen LogP) is 0.321. The van der Waals surface area contributed by atoms with Gasteiger partial charge in [0, 0.05) is 13.1 Å². The number of amides is 1. The van der Waals surface area contributed by atoms with Crippen molar-refractivity contribution in [1.29, 1.82) is 0 Å². The Morgan fingerprint density at radius 3 is 2.47 bits per heavy atom. The van der Waals surface area contributed by atoms with Crippen LogP contribution in [0.2, 0.25) is 0 Å². The smallest absolute Gasteiger partial charge is 0.406 e. The zero-order chi connectivity index (χ0) is 12.7. The lowest BCUT2D eigenvalue weighted by Gasteiger charge is -2.07. The highest BCUT2D eigenvalue weighted by atomic mass is 32.2. The standard InChI is InChI=1S/C10H14N2O4S/c1-16-10(13)11-7-8-12-17(14,15)9-5-3-2-4-6-9/h2-6,12H,7-8H2,1H3,(H,11,13). The number of ether oxygens (including phenoxy) is 1. The first-order chi connectivity index (χ1) is 8.06. The van der Waals surface area contributed by atoms with Crippen LogP contribution >= 0.6 is 0 Å². The fourth-order valence-corrected chi connectivity index (χ4v) is 2.16. The second kappa shape index (κ2) is 6.21. The number of sulfonamides is 1. The van der Waals surface area contributed by atoms with Gasteiger partial charge in [-0.1, -0.05) is 18.2 Å². The fourth-order valence-electron chi connectivity index (χ4n) is 1.11. The van der Waals surface area contributed by atoms with E-state index < -0.39 is 16.1 Å². The number of carbonyl (C=O) groups is 1. The van der Waals surface area contributed by atoms with Gasteiger partial charge in [0.1, 0.15) is 0 Å². The highest BCUT2D eigenvalue weighted by molar-refractivity contribution is 7.89. The number of carbonyl (C=O) groups excluding carboxylic acids is 1. The van der Waals surface area contributed by atoms with Crippen LogP contribution < -0.4 is 10.0 Å². The van der Waals surface area contributed by atoms with Gasteiger partial charge in [0.15, 0.2) is 0 Å². The molecule has 0 atom stereocenters. The van der Waals surface area contributed by atoms with Crippen LogP contribution in [0.15, 0.2) is 35.2 Å². The molecule has 0 aliphatic heterocycles. The third kappa shape index (κ3) is 4.41. The molecule has 1 amide bonds. The lowest BCUT2D eigenvalue weighted by atomic mass is 10.4. The minimum atomic E-state index is -3.51. The van der Waals surface area contributed by atoms with Crippen LogP contribution in [0.1, 0.15) is 0 Å². The van der Waals surface area contributed by atoms with Crippen LogP contribution in [0, 0.1) is 0 Å². The Kier molecular flexibility index (Phi) is 4.92. The summed E-state index contributed by atoms with van der Waals surface area (Å²) in [4.78, 5) is 10.9. The van der Waals surface area contributed by atoms with E-state index in [0.717, 1.165) is 0 Å². The highest BCUT2D eigenvalue weighted by Crippen LogP contribution is 2.06. The van der Waals surface area contributed by atoms with E-state index in [0.29, 0.717) is 0 Å². The van der Waals surface area contributed by atoms with Crippen molar-refractivity contribution >= 4 is 16.1 Å². The molecule has 1 rings (SSSR count). The summed E-state index contributed by atoms with van der Waals surface area (Å²) >= 11 is 0. The van der Waals surface area contributed by atoms with Gasteiger partial charge in [-0.25, -0.2) is 17.9 Å². The molecule has 0 radical (unpaired) electrons. The molecule has 0 spiro atoms. The summed E-state index contributed by atoms with van der Waals surface area (Å²) in [6.07, 6.45) is -0.594. The van der Waals surface area contributed by atoms with Crippen molar-refractivity contribution in [3.8, 4) is 0 Å². The van der Waals surface area contributed by atoms with Crippen molar-refractivity contribution in [1.82, 2.24) is 10.0 Å². The number of hydrogen-bond acceptors (Lipinski definition) is 4. The van der Waals surface area contributed by atoms with Crippen LogP contribution in [0.5, 0.6) is 0 Å². The van der Waals surface area contributed by atoms with E-state index in [-0.39, 0.29) is 18.0 Å². The van der Waals surface area contributed by atoms with Crippen LogP contribution in [0.25, 0.3) is 0 Å². The van der Waals surface area contributed by atoms with Crippen molar-refractivity contribution in [2.45, 2.75) is 4.90 Å². The van der Waals surface area contributed by atoms with Crippen LogP contribution in [-0.2, 0) is 14.8 Å². The Morgan fingerprint density at radius 1 is 1.24 bits per heavy atom. The van der Waals surface area contributed by atoms with Gasteiger partial charge in [0.25, 0.3) is 0 Å². The minimum Gasteiger partial charge on any atom is -0.453 e. The third-order valence-corrected chi connectivity index (χ3v) is 3.40. The van der Waals surface area contributed by atoms with Crippen molar-refractivity contribution in [2.24, 2.45) is 0 Å². The summed E-state index contributed by atoms with van der Waals surface area (Å²) in [6.45, 7) is 0.269. The van der Waals surface area contributed by atoms with E-state index in [4.69, 9.17) is 0 Å². The first-order valence-electron chi connectivity index (χ1n) is 4.93. The van der Waals surface area contributed by atoms with Crippen molar-refractivity contribution in [3.63, 3.8) is 0 Å². The molecule has 0 unspecified atom stereocenters. The summed E-state index contributed by atoms with van der Waals surface area (Å²) in [5, 5.41) is 2.37. The number of alkyl carbamates (subject to hydrolysis) is 1. The van der Waals surface area contributed by atoms with E-state index in [2.05, 4.69) is 14.8 Å². The van der Waals surface area contributed by atoms with Gasteiger partial charge in [-0.15, -0.1) is 0 Å². The second-order valence-corrected chi connectivity index (χ2v) is 4.90. The quantitative estimate of drug-likeness (QED) is 0.745. The van der Waals surface area contributed by atoms with Crippen LogP contribution in [0.3, 0.4) is 0 Å². The summed E-state index contributed by atoms with van der Waals surface area (Å²) in [5.41, 5.74) is 0. The lowest BCUT2D eigenvalue weighted by Crippen LogP contribution is -2.34. The average molecular weight is 258 g/mol. The van der Waals surface area contributed by atoms with Gasteiger partial charge in [-0.3, -0.25) is 0 Å². The molecule has 0 saturated heterocycles. The Balaban J connectivity index is 2.44. The molecule has 0 saturated carbocycles. The zero-order valence-electron chi connectivity index (χ0n) is 9.34. The molecule has 0 aliphatic rings. The molecule has 94 valence electrons. The van der Waals surface area contributed by atoms with Crippen LogP contribution in [0.4, 0.5) is 4.79 Å². The van der Waals surface area contributed by atoms with Gasteiger partial charge in [-0.2, -0.15) is 0 Å². The van der Waals surface area contributed by atoms with E-state index in [1.54, 1.807) is 18.2 Å². The maximum absolute atomic E-state index is 11.7.